The molecule has 1 aromatic rings. The van der Waals surface area contributed by atoms with Gasteiger partial charge in [-0.2, -0.15) is 0 Å². The number of carbonyl (C=O) groups is 1. The van der Waals surface area contributed by atoms with Gasteiger partial charge in [-0.1, -0.05) is 0 Å². The minimum absolute atomic E-state index is 0.117. The quantitative estimate of drug-likeness (QED) is 0.904. The molecule has 0 aliphatic carbocycles. The van der Waals surface area contributed by atoms with Crippen molar-refractivity contribution < 1.29 is 4.79 Å². The molecule has 2 saturated heterocycles. The van der Waals surface area contributed by atoms with Gasteiger partial charge in [-0.15, -0.1) is 0 Å². The summed E-state index contributed by atoms with van der Waals surface area (Å²) in [5, 5.41) is 3.17. The SMILES string of the molecule is C[C@@H](CCc1cccn1C)NC(=O)N1CC[C@H](N2CCCC2)C1. The molecular weight excluding hydrogens is 288 g/mol. The maximum atomic E-state index is 12.4. The molecule has 0 bridgehead atoms. The van der Waals surface area contributed by atoms with Crippen LogP contribution in [0.25, 0.3) is 0 Å². The van der Waals surface area contributed by atoms with Crippen molar-refractivity contribution in [2.45, 2.75) is 51.1 Å². The normalized spacial score (nSPS) is 23.4. The minimum atomic E-state index is 0.117. The average molecular weight is 318 g/mol. The maximum absolute atomic E-state index is 12.4. The Morgan fingerprint density at radius 1 is 1.35 bits per heavy atom. The number of hydrogen-bond acceptors (Lipinski definition) is 2. The first kappa shape index (κ1) is 16.4. The van der Waals surface area contributed by atoms with Crippen molar-refractivity contribution >= 4 is 6.03 Å². The Morgan fingerprint density at radius 2 is 2.13 bits per heavy atom. The fourth-order valence-corrected chi connectivity index (χ4v) is 3.83. The second-order valence-corrected chi connectivity index (χ2v) is 7.13. The Labute approximate surface area is 139 Å². The summed E-state index contributed by atoms with van der Waals surface area (Å²) in [7, 11) is 2.07. The minimum Gasteiger partial charge on any atom is -0.354 e. The lowest BCUT2D eigenvalue weighted by molar-refractivity contribution is 0.195. The standard InChI is InChI=1S/C18H30N4O/c1-15(7-8-16-6-5-10-20(16)2)19-18(23)22-13-9-17(14-22)21-11-3-4-12-21/h5-6,10,15,17H,3-4,7-9,11-14H2,1-2H3,(H,19,23)/t15-,17-/m0/s1. The van der Waals surface area contributed by atoms with Crippen molar-refractivity contribution in [3.63, 3.8) is 0 Å². The Bertz CT molecular complexity index is 521. The lowest BCUT2D eigenvalue weighted by Gasteiger charge is -2.24. The Morgan fingerprint density at radius 3 is 2.83 bits per heavy atom. The molecule has 5 heteroatoms. The van der Waals surface area contributed by atoms with E-state index >= 15 is 0 Å². The summed E-state index contributed by atoms with van der Waals surface area (Å²) in [5.41, 5.74) is 1.32. The van der Waals surface area contributed by atoms with Gasteiger partial charge in [-0.05, 0) is 64.3 Å². The Kier molecular flexibility index (Phi) is 5.26. The summed E-state index contributed by atoms with van der Waals surface area (Å²) < 4.78 is 2.15. The molecule has 2 aliphatic rings. The molecule has 0 spiro atoms. The number of likely N-dealkylation sites (tertiary alicyclic amines) is 2. The summed E-state index contributed by atoms with van der Waals surface area (Å²) in [4.78, 5) is 17.0. The van der Waals surface area contributed by atoms with Crippen LogP contribution in [0.4, 0.5) is 4.79 Å². The lowest BCUT2D eigenvalue weighted by atomic mass is 10.1. The molecule has 2 fully saturated rings. The Hall–Kier alpha value is -1.49. The van der Waals surface area contributed by atoms with E-state index in [9.17, 15) is 4.79 Å². The topological polar surface area (TPSA) is 40.5 Å². The second-order valence-electron chi connectivity index (χ2n) is 7.13. The largest absolute Gasteiger partial charge is 0.354 e. The number of hydrogen-bond donors (Lipinski definition) is 1. The molecule has 2 aliphatic heterocycles. The smallest absolute Gasteiger partial charge is 0.317 e. The summed E-state index contributed by atoms with van der Waals surface area (Å²) in [5.74, 6) is 0. The lowest BCUT2D eigenvalue weighted by Crippen LogP contribution is -2.44. The van der Waals surface area contributed by atoms with Gasteiger partial charge in [0.15, 0.2) is 0 Å². The molecule has 0 radical (unpaired) electrons. The predicted octanol–water partition coefficient (Wildman–Crippen LogP) is 2.23. The van der Waals surface area contributed by atoms with Crippen LogP contribution in [0.5, 0.6) is 0 Å². The van der Waals surface area contributed by atoms with Crippen LogP contribution in [0.15, 0.2) is 18.3 Å². The molecule has 23 heavy (non-hydrogen) atoms. The first-order valence-electron chi connectivity index (χ1n) is 9.03. The van der Waals surface area contributed by atoms with Crippen molar-refractivity contribution in [3.05, 3.63) is 24.0 Å². The van der Waals surface area contributed by atoms with Crippen LogP contribution in [0.2, 0.25) is 0 Å². The van der Waals surface area contributed by atoms with Crippen LogP contribution >= 0.6 is 0 Å². The zero-order valence-electron chi connectivity index (χ0n) is 14.5. The van der Waals surface area contributed by atoms with E-state index in [1.807, 2.05) is 4.90 Å². The second kappa shape index (κ2) is 7.39. The summed E-state index contributed by atoms with van der Waals surface area (Å²) in [6, 6.07) is 5.13. The van der Waals surface area contributed by atoms with E-state index in [-0.39, 0.29) is 12.1 Å². The highest BCUT2D eigenvalue weighted by Gasteiger charge is 2.31. The van der Waals surface area contributed by atoms with Gasteiger partial charge in [-0.25, -0.2) is 4.79 Å². The van der Waals surface area contributed by atoms with Crippen molar-refractivity contribution in [2.24, 2.45) is 7.05 Å². The molecule has 0 aromatic carbocycles. The third-order valence-corrected chi connectivity index (χ3v) is 5.36. The van der Waals surface area contributed by atoms with Crippen molar-refractivity contribution in [1.82, 2.24) is 19.7 Å². The highest BCUT2D eigenvalue weighted by Crippen LogP contribution is 2.20. The van der Waals surface area contributed by atoms with E-state index in [1.54, 1.807) is 0 Å². The predicted molar refractivity (Wildman–Crippen MR) is 92.5 cm³/mol. The average Bonchev–Trinajstić information content (AvgIpc) is 3.26. The fraction of sp³-hybridized carbons (Fsp3) is 0.722. The monoisotopic (exact) mass is 318 g/mol. The highest BCUT2D eigenvalue weighted by atomic mass is 16.2. The van der Waals surface area contributed by atoms with Gasteiger partial charge in [-0.3, -0.25) is 4.90 Å². The first-order chi connectivity index (χ1) is 11.1. The molecule has 3 heterocycles. The van der Waals surface area contributed by atoms with E-state index in [2.05, 4.69) is 47.1 Å². The number of amides is 2. The van der Waals surface area contributed by atoms with Crippen LogP contribution < -0.4 is 5.32 Å². The van der Waals surface area contributed by atoms with Gasteiger partial charge in [0.25, 0.3) is 0 Å². The molecule has 3 rings (SSSR count). The van der Waals surface area contributed by atoms with Gasteiger partial charge < -0.3 is 14.8 Å². The molecule has 128 valence electrons. The number of urea groups is 1. The van der Waals surface area contributed by atoms with Crippen LogP contribution in [0.3, 0.4) is 0 Å². The van der Waals surface area contributed by atoms with Gasteiger partial charge in [0.2, 0.25) is 0 Å². The number of aromatic nitrogens is 1. The molecule has 1 N–H and O–H groups in total. The van der Waals surface area contributed by atoms with Crippen molar-refractivity contribution in [1.29, 1.82) is 0 Å². The Balaban J connectivity index is 1.41. The van der Waals surface area contributed by atoms with Gasteiger partial charge in [0, 0.05) is 44.1 Å². The van der Waals surface area contributed by atoms with Crippen LogP contribution in [-0.4, -0.2) is 58.7 Å². The van der Waals surface area contributed by atoms with Crippen LogP contribution in [0.1, 0.15) is 38.3 Å². The van der Waals surface area contributed by atoms with Crippen LogP contribution in [0, 0.1) is 0 Å². The number of nitrogens with one attached hydrogen (secondary N) is 1. The molecule has 0 saturated carbocycles. The van der Waals surface area contributed by atoms with E-state index in [0.29, 0.717) is 6.04 Å². The van der Waals surface area contributed by atoms with E-state index in [4.69, 9.17) is 0 Å². The summed E-state index contributed by atoms with van der Waals surface area (Å²) >= 11 is 0. The zero-order valence-corrected chi connectivity index (χ0v) is 14.5. The van der Waals surface area contributed by atoms with Gasteiger partial charge in [0.05, 0.1) is 0 Å². The van der Waals surface area contributed by atoms with Crippen LogP contribution in [-0.2, 0) is 13.5 Å². The number of nitrogens with zero attached hydrogens (tertiary/aromatic N) is 3. The van der Waals surface area contributed by atoms with E-state index < -0.39 is 0 Å². The molecular formula is C18H30N4O. The fourth-order valence-electron chi connectivity index (χ4n) is 3.83. The zero-order chi connectivity index (χ0) is 16.2. The van der Waals surface area contributed by atoms with E-state index in [1.165, 1.54) is 31.6 Å². The van der Waals surface area contributed by atoms with E-state index in [0.717, 1.165) is 32.4 Å². The summed E-state index contributed by atoms with van der Waals surface area (Å²) in [6.45, 7) is 6.34. The van der Waals surface area contributed by atoms with Crippen molar-refractivity contribution in [2.75, 3.05) is 26.2 Å². The van der Waals surface area contributed by atoms with Gasteiger partial charge >= 0.3 is 6.03 Å². The molecule has 2 amide bonds. The third-order valence-electron chi connectivity index (χ3n) is 5.36. The summed E-state index contributed by atoms with van der Waals surface area (Å²) in [6.07, 6.45) is 7.82. The molecule has 1 aromatic heterocycles. The number of rotatable bonds is 5. The number of carbonyl (C=O) groups excluding carboxylic acids is 1. The maximum Gasteiger partial charge on any atom is 0.317 e. The first-order valence-corrected chi connectivity index (χ1v) is 9.03. The highest BCUT2D eigenvalue weighted by molar-refractivity contribution is 5.74. The molecule has 5 nitrogen and oxygen atoms in total. The molecule has 2 atom stereocenters. The third kappa shape index (κ3) is 4.08. The van der Waals surface area contributed by atoms with Crippen molar-refractivity contribution in [3.8, 4) is 0 Å². The molecule has 0 unspecified atom stereocenters. The number of aryl methyl sites for hydroxylation is 2. The van der Waals surface area contributed by atoms with Gasteiger partial charge in [0.1, 0.15) is 0 Å².